The SMILES string of the molecule is Cc1cc(Br)cc(C2=CC3CC4(OC(=O)C=C24)C2CCCCN32)c1. The van der Waals surface area contributed by atoms with E-state index < -0.39 is 5.60 Å². The van der Waals surface area contributed by atoms with Crippen molar-refractivity contribution >= 4 is 27.5 Å². The predicted octanol–water partition coefficient (Wildman–Crippen LogP) is 4.00. The van der Waals surface area contributed by atoms with Gasteiger partial charge in [0, 0.05) is 28.6 Å². The third kappa shape index (κ3) is 1.96. The lowest BCUT2D eigenvalue weighted by Gasteiger charge is -2.38. The normalized spacial score (nSPS) is 34.3. The van der Waals surface area contributed by atoms with Gasteiger partial charge in [0.15, 0.2) is 5.60 Å². The summed E-state index contributed by atoms with van der Waals surface area (Å²) in [4.78, 5) is 14.8. The summed E-state index contributed by atoms with van der Waals surface area (Å²) >= 11 is 3.61. The predicted molar refractivity (Wildman–Crippen MR) is 96.5 cm³/mol. The smallest absolute Gasteiger partial charge is 0.332 e. The zero-order valence-electron chi connectivity index (χ0n) is 13.7. The summed E-state index contributed by atoms with van der Waals surface area (Å²) in [7, 11) is 0. The van der Waals surface area contributed by atoms with Gasteiger partial charge in [-0.25, -0.2) is 4.79 Å². The first-order chi connectivity index (χ1) is 11.6. The maximum atomic E-state index is 12.2. The van der Waals surface area contributed by atoms with E-state index in [1.807, 2.05) is 0 Å². The molecule has 4 heteroatoms. The van der Waals surface area contributed by atoms with Crippen LogP contribution in [0, 0.1) is 6.92 Å². The van der Waals surface area contributed by atoms with Gasteiger partial charge in [-0.05, 0) is 55.1 Å². The maximum absolute atomic E-state index is 12.2. The molecule has 1 aromatic rings. The highest BCUT2D eigenvalue weighted by Crippen LogP contribution is 2.55. The van der Waals surface area contributed by atoms with Crippen molar-refractivity contribution in [2.45, 2.75) is 50.3 Å². The van der Waals surface area contributed by atoms with Crippen molar-refractivity contribution in [3.63, 3.8) is 0 Å². The average molecular weight is 386 g/mol. The molecule has 1 spiro atoms. The zero-order valence-corrected chi connectivity index (χ0v) is 15.3. The van der Waals surface area contributed by atoms with Crippen LogP contribution in [-0.4, -0.2) is 35.1 Å². The molecule has 3 heterocycles. The Labute approximate surface area is 150 Å². The van der Waals surface area contributed by atoms with E-state index in [1.165, 1.54) is 29.5 Å². The molecule has 3 nitrogen and oxygen atoms in total. The van der Waals surface area contributed by atoms with Gasteiger partial charge >= 0.3 is 5.97 Å². The van der Waals surface area contributed by atoms with E-state index in [4.69, 9.17) is 4.74 Å². The fourth-order valence-corrected chi connectivity index (χ4v) is 5.81. The summed E-state index contributed by atoms with van der Waals surface area (Å²) in [5, 5.41) is 0. The minimum Gasteiger partial charge on any atom is -0.449 e. The molecule has 0 N–H and O–H groups in total. The van der Waals surface area contributed by atoms with E-state index >= 15 is 0 Å². The second-order valence-electron chi connectivity index (χ2n) is 7.49. The van der Waals surface area contributed by atoms with E-state index in [9.17, 15) is 4.79 Å². The first kappa shape index (κ1) is 14.9. The lowest BCUT2D eigenvalue weighted by Crippen LogP contribution is -2.48. The highest BCUT2D eigenvalue weighted by atomic mass is 79.9. The molecule has 5 rings (SSSR count). The van der Waals surface area contributed by atoms with Crippen molar-refractivity contribution in [1.29, 1.82) is 0 Å². The minimum atomic E-state index is -0.414. The number of piperidine rings is 1. The van der Waals surface area contributed by atoms with Gasteiger partial charge < -0.3 is 4.74 Å². The number of aryl methyl sites for hydroxylation is 1. The van der Waals surface area contributed by atoms with Crippen LogP contribution in [0.1, 0.15) is 36.8 Å². The second kappa shape index (κ2) is 5.06. The van der Waals surface area contributed by atoms with E-state index in [0.29, 0.717) is 12.1 Å². The number of halogens is 1. The van der Waals surface area contributed by atoms with Crippen LogP contribution in [0.3, 0.4) is 0 Å². The first-order valence-corrected chi connectivity index (χ1v) is 9.57. The Morgan fingerprint density at radius 1 is 1.29 bits per heavy atom. The summed E-state index contributed by atoms with van der Waals surface area (Å²) in [6.45, 7) is 3.22. The molecule has 0 aromatic heterocycles. The molecule has 124 valence electrons. The van der Waals surface area contributed by atoms with Crippen molar-refractivity contribution in [1.82, 2.24) is 4.90 Å². The summed E-state index contributed by atoms with van der Waals surface area (Å²) in [6, 6.07) is 7.20. The quantitative estimate of drug-likeness (QED) is 0.684. The van der Waals surface area contributed by atoms with E-state index in [-0.39, 0.29) is 5.97 Å². The molecule has 2 saturated heterocycles. The Kier molecular flexibility index (Phi) is 3.14. The van der Waals surface area contributed by atoms with Crippen molar-refractivity contribution in [2.24, 2.45) is 0 Å². The summed E-state index contributed by atoms with van der Waals surface area (Å²) < 4.78 is 7.08. The molecule has 1 aromatic carbocycles. The number of rotatable bonds is 1. The van der Waals surface area contributed by atoms with Crippen LogP contribution >= 0.6 is 15.9 Å². The fraction of sp³-hybridized carbons (Fsp3) is 0.450. The molecule has 2 fully saturated rings. The number of carbonyl (C=O) groups excluding carboxylic acids is 1. The zero-order chi connectivity index (χ0) is 16.5. The largest absolute Gasteiger partial charge is 0.449 e. The molecule has 0 amide bonds. The number of fused-ring (bicyclic) bond motifs is 3. The highest BCUT2D eigenvalue weighted by Gasteiger charge is 2.61. The fourth-order valence-electron chi connectivity index (χ4n) is 5.20. The Morgan fingerprint density at radius 2 is 2.17 bits per heavy atom. The summed E-state index contributed by atoms with van der Waals surface area (Å²) in [6.07, 6.45) is 8.64. The second-order valence-corrected chi connectivity index (χ2v) is 8.40. The molecule has 0 radical (unpaired) electrons. The highest BCUT2D eigenvalue weighted by molar-refractivity contribution is 9.10. The Balaban J connectivity index is 1.69. The van der Waals surface area contributed by atoms with E-state index in [0.717, 1.165) is 29.4 Å². The Morgan fingerprint density at radius 3 is 3.00 bits per heavy atom. The van der Waals surface area contributed by atoms with Crippen LogP contribution in [0.2, 0.25) is 0 Å². The van der Waals surface area contributed by atoms with Crippen molar-refractivity contribution in [3.8, 4) is 0 Å². The minimum absolute atomic E-state index is 0.171. The lowest BCUT2D eigenvalue weighted by molar-refractivity contribution is -0.148. The third-order valence-electron chi connectivity index (χ3n) is 6.02. The Bertz CT molecular complexity index is 792. The van der Waals surface area contributed by atoms with Gasteiger partial charge in [-0.1, -0.05) is 34.5 Å². The van der Waals surface area contributed by atoms with Crippen LogP contribution in [0.25, 0.3) is 5.57 Å². The molecular weight excluding hydrogens is 366 g/mol. The third-order valence-corrected chi connectivity index (χ3v) is 6.48. The number of hydrogen-bond donors (Lipinski definition) is 0. The van der Waals surface area contributed by atoms with Gasteiger partial charge in [0.1, 0.15) is 0 Å². The van der Waals surface area contributed by atoms with Crippen molar-refractivity contribution in [3.05, 3.63) is 51.5 Å². The molecule has 3 aliphatic heterocycles. The van der Waals surface area contributed by atoms with Gasteiger partial charge in [-0.15, -0.1) is 0 Å². The van der Waals surface area contributed by atoms with Gasteiger partial charge in [-0.2, -0.15) is 0 Å². The molecular formula is C20H20BrNO2. The van der Waals surface area contributed by atoms with Crippen molar-refractivity contribution in [2.75, 3.05) is 6.54 Å². The average Bonchev–Trinajstić information content (AvgIpc) is 3.02. The molecule has 4 aliphatic rings. The standard InChI is InChI=1S/C20H20BrNO2/c1-12-6-13(8-14(21)7-12)16-9-15-11-20(17(16)10-19(23)24-20)18-4-2-3-5-22(15)18/h6-10,15,18H,2-5,11H2,1H3. The summed E-state index contributed by atoms with van der Waals surface area (Å²) in [5.74, 6) is -0.171. The summed E-state index contributed by atoms with van der Waals surface area (Å²) in [5.41, 5.74) is 4.28. The molecule has 1 aliphatic carbocycles. The number of ether oxygens (including phenoxy) is 1. The van der Waals surface area contributed by atoms with Gasteiger partial charge in [0.2, 0.25) is 0 Å². The van der Waals surface area contributed by atoms with Crippen LogP contribution in [0.5, 0.6) is 0 Å². The Hall–Kier alpha value is -1.39. The molecule has 24 heavy (non-hydrogen) atoms. The van der Waals surface area contributed by atoms with Gasteiger partial charge in [0.25, 0.3) is 0 Å². The van der Waals surface area contributed by atoms with Crippen LogP contribution < -0.4 is 0 Å². The number of carbonyl (C=O) groups is 1. The molecule has 0 saturated carbocycles. The number of esters is 1. The van der Waals surface area contributed by atoms with Crippen LogP contribution in [0.15, 0.2) is 40.4 Å². The molecule has 2 bridgehead atoms. The molecule has 3 atom stereocenters. The van der Waals surface area contributed by atoms with Crippen LogP contribution in [-0.2, 0) is 9.53 Å². The maximum Gasteiger partial charge on any atom is 0.332 e. The van der Waals surface area contributed by atoms with E-state index in [1.54, 1.807) is 6.08 Å². The van der Waals surface area contributed by atoms with E-state index in [2.05, 4.69) is 52.0 Å². The van der Waals surface area contributed by atoms with Gasteiger partial charge in [-0.3, -0.25) is 4.90 Å². The molecule has 3 unspecified atom stereocenters. The lowest BCUT2D eigenvalue weighted by atomic mass is 9.75. The number of benzene rings is 1. The first-order valence-electron chi connectivity index (χ1n) is 8.77. The van der Waals surface area contributed by atoms with Crippen LogP contribution in [0.4, 0.5) is 0 Å². The monoisotopic (exact) mass is 385 g/mol. The van der Waals surface area contributed by atoms with Crippen molar-refractivity contribution < 1.29 is 9.53 Å². The van der Waals surface area contributed by atoms with Gasteiger partial charge in [0.05, 0.1) is 6.04 Å². The topological polar surface area (TPSA) is 29.5 Å². The number of nitrogens with zero attached hydrogens (tertiary/aromatic N) is 1. The number of hydrogen-bond acceptors (Lipinski definition) is 3.